The molecule has 0 aromatic heterocycles. The Balaban J connectivity index is 1.42. The van der Waals surface area contributed by atoms with Gasteiger partial charge in [0.25, 0.3) is 5.91 Å². The van der Waals surface area contributed by atoms with Crippen LogP contribution in [0, 0.1) is 6.92 Å². The minimum Gasteiger partial charge on any atom is -0.497 e. The summed E-state index contributed by atoms with van der Waals surface area (Å²) < 4.78 is 10.7. The lowest BCUT2D eigenvalue weighted by Crippen LogP contribution is -2.49. The number of methoxy groups -OCH3 is 1. The van der Waals surface area contributed by atoms with Crippen molar-refractivity contribution in [2.24, 2.45) is 0 Å². The molecule has 138 valence electrons. The van der Waals surface area contributed by atoms with Gasteiger partial charge in [-0.3, -0.25) is 9.69 Å². The third kappa shape index (κ3) is 4.99. The molecule has 2 aromatic rings. The molecule has 0 radical (unpaired) electrons. The van der Waals surface area contributed by atoms with Crippen LogP contribution in [0.15, 0.2) is 48.5 Å². The molecule has 5 nitrogen and oxygen atoms in total. The van der Waals surface area contributed by atoms with Gasteiger partial charge >= 0.3 is 0 Å². The lowest BCUT2D eigenvalue weighted by atomic mass is 10.1. The predicted octanol–water partition coefficient (Wildman–Crippen LogP) is 2.73. The molecule has 0 bridgehead atoms. The Morgan fingerprint density at radius 3 is 2.15 bits per heavy atom. The molecule has 1 saturated heterocycles. The summed E-state index contributed by atoms with van der Waals surface area (Å²) in [5.74, 6) is 1.49. The van der Waals surface area contributed by atoms with Crippen molar-refractivity contribution in [3.05, 3.63) is 59.7 Å². The van der Waals surface area contributed by atoms with E-state index in [1.807, 2.05) is 29.2 Å². The van der Waals surface area contributed by atoms with Crippen molar-refractivity contribution in [3.8, 4) is 11.5 Å². The van der Waals surface area contributed by atoms with E-state index in [4.69, 9.17) is 9.47 Å². The van der Waals surface area contributed by atoms with E-state index >= 15 is 0 Å². The van der Waals surface area contributed by atoms with Crippen molar-refractivity contribution < 1.29 is 14.3 Å². The standard InChI is InChI=1S/C21H26N2O3/c1-17-3-5-18(6-4-17)15-22-11-13-23(14-12-22)21(24)16-26-20-9-7-19(25-2)8-10-20/h3-10H,11-16H2,1-2H3. The highest BCUT2D eigenvalue weighted by Gasteiger charge is 2.21. The molecule has 1 heterocycles. The number of hydrogen-bond acceptors (Lipinski definition) is 4. The summed E-state index contributed by atoms with van der Waals surface area (Å²) in [5, 5.41) is 0. The molecule has 0 saturated carbocycles. The maximum absolute atomic E-state index is 12.4. The van der Waals surface area contributed by atoms with Crippen molar-refractivity contribution in [1.82, 2.24) is 9.80 Å². The number of piperazine rings is 1. The third-order valence-electron chi connectivity index (χ3n) is 4.67. The summed E-state index contributed by atoms with van der Waals surface area (Å²) in [6.45, 7) is 6.38. The molecule has 3 rings (SSSR count). The maximum Gasteiger partial charge on any atom is 0.260 e. The first-order valence-electron chi connectivity index (χ1n) is 8.96. The van der Waals surface area contributed by atoms with Gasteiger partial charge in [-0.25, -0.2) is 0 Å². The van der Waals surface area contributed by atoms with Gasteiger partial charge in [0.2, 0.25) is 0 Å². The molecule has 0 atom stereocenters. The van der Waals surface area contributed by atoms with Crippen LogP contribution in [-0.4, -0.2) is 55.6 Å². The van der Waals surface area contributed by atoms with Gasteiger partial charge in [0.15, 0.2) is 6.61 Å². The van der Waals surface area contributed by atoms with Gasteiger partial charge < -0.3 is 14.4 Å². The Labute approximate surface area is 155 Å². The Morgan fingerprint density at radius 2 is 1.54 bits per heavy atom. The van der Waals surface area contributed by atoms with Gasteiger partial charge in [-0.2, -0.15) is 0 Å². The summed E-state index contributed by atoms with van der Waals surface area (Å²) in [6, 6.07) is 15.9. The minimum atomic E-state index is 0.0378. The summed E-state index contributed by atoms with van der Waals surface area (Å²) in [4.78, 5) is 16.6. The molecular formula is C21H26N2O3. The summed E-state index contributed by atoms with van der Waals surface area (Å²) in [5.41, 5.74) is 2.60. The molecule has 0 unspecified atom stereocenters. The molecule has 5 heteroatoms. The smallest absolute Gasteiger partial charge is 0.260 e. The van der Waals surface area contributed by atoms with Gasteiger partial charge in [-0.1, -0.05) is 29.8 Å². The number of carbonyl (C=O) groups is 1. The second-order valence-corrected chi connectivity index (χ2v) is 6.61. The Kier molecular flexibility index (Phi) is 6.12. The first-order chi connectivity index (χ1) is 12.6. The van der Waals surface area contributed by atoms with Gasteiger partial charge in [-0.05, 0) is 36.8 Å². The van der Waals surface area contributed by atoms with Gasteiger partial charge in [0, 0.05) is 32.7 Å². The zero-order chi connectivity index (χ0) is 18.4. The Hall–Kier alpha value is -2.53. The van der Waals surface area contributed by atoms with Crippen LogP contribution in [0.1, 0.15) is 11.1 Å². The predicted molar refractivity (Wildman–Crippen MR) is 102 cm³/mol. The first-order valence-corrected chi connectivity index (χ1v) is 8.96. The average Bonchev–Trinajstić information content (AvgIpc) is 2.69. The molecule has 26 heavy (non-hydrogen) atoms. The van der Waals surface area contributed by atoms with E-state index in [-0.39, 0.29) is 12.5 Å². The third-order valence-corrected chi connectivity index (χ3v) is 4.67. The van der Waals surface area contributed by atoms with Crippen molar-refractivity contribution >= 4 is 5.91 Å². The number of carbonyl (C=O) groups excluding carboxylic acids is 1. The SMILES string of the molecule is COc1ccc(OCC(=O)N2CCN(Cc3ccc(C)cc3)CC2)cc1. The second kappa shape index (κ2) is 8.72. The van der Waals surface area contributed by atoms with Crippen LogP contribution in [0.2, 0.25) is 0 Å². The van der Waals surface area contributed by atoms with E-state index in [1.165, 1.54) is 11.1 Å². The topological polar surface area (TPSA) is 42.0 Å². The Bertz CT molecular complexity index is 705. The highest BCUT2D eigenvalue weighted by atomic mass is 16.5. The zero-order valence-electron chi connectivity index (χ0n) is 15.5. The van der Waals surface area contributed by atoms with E-state index in [0.717, 1.165) is 38.5 Å². The summed E-state index contributed by atoms with van der Waals surface area (Å²) in [7, 11) is 1.62. The molecular weight excluding hydrogens is 328 g/mol. The highest BCUT2D eigenvalue weighted by molar-refractivity contribution is 5.77. The normalized spacial score (nSPS) is 14.9. The number of benzene rings is 2. The first kappa shape index (κ1) is 18.3. The number of nitrogens with zero attached hydrogens (tertiary/aromatic N) is 2. The molecule has 0 N–H and O–H groups in total. The van der Waals surface area contributed by atoms with Crippen LogP contribution in [0.25, 0.3) is 0 Å². The molecule has 1 aliphatic heterocycles. The average molecular weight is 354 g/mol. The number of hydrogen-bond donors (Lipinski definition) is 0. The van der Waals surface area contributed by atoms with E-state index in [0.29, 0.717) is 5.75 Å². The Morgan fingerprint density at radius 1 is 0.923 bits per heavy atom. The quantitative estimate of drug-likeness (QED) is 0.800. The molecule has 0 spiro atoms. The van der Waals surface area contributed by atoms with Crippen LogP contribution in [-0.2, 0) is 11.3 Å². The number of aryl methyl sites for hydroxylation is 1. The van der Waals surface area contributed by atoms with Gasteiger partial charge in [0.1, 0.15) is 11.5 Å². The van der Waals surface area contributed by atoms with Crippen LogP contribution in [0.3, 0.4) is 0 Å². The number of ether oxygens (including phenoxy) is 2. The largest absolute Gasteiger partial charge is 0.497 e. The fourth-order valence-electron chi connectivity index (χ4n) is 3.02. The molecule has 0 aliphatic carbocycles. The number of amides is 1. The molecule has 1 amide bonds. The van der Waals surface area contributed by atoms with E-state index < -0.39 is 0 Å². The summed E-state index contributed by atoms with van der Waals surface area (Å²) in [6.07, 6.45) is 0. The van der Waals surface area contributed by atoms with Crippen LogP contribution >= 0.6 is 0 Å². The lowest BCUT2D eigenvalue weighted by Gasteiger charge is -2.34. The van der Waals surface area contributed by atoms with E-state index in [9.17, 15) is 4.79 Å². The van der Waals surface area contributed by atoms with Crippen molar-refractivity contribution in [3.63, 3.8) is 0 Å². The van der Waals surface area contributed by atoms with Gasteiger partial charge in [-0.15, -0.1) is 0 Å². The van der Waals surface area contributed by atoms with Crippen LogP contribution < -0.4 is 9.47 Å². The lowest BCUT2D eigenvalue weighted by molar-refractivity contribution is -0.135. The van der Waals surface area contributed by atoms with Gasteiger partial charge in [0.05, 0.1) is 7.11 Å². The molecule has 1 fully saturated rings. The monoisotopic (exact) mass is 354 g/mol. The van der Waals surface area contributed by atoms with E-state index in [1.54, 1.807) is 7.11 Å². The van der Waals surface area contributed by atoms with Crippen molar-refractivity contribution in [2.45, 2.75) is 13.5 Å². The minimum absolute atomic E-state index is 0.0378. The summed E-state index contributed by atoms with van der Waals surface area (Å²) >= 11 is 0. The molecule has 1 aliphatic rings. The van der Waals surface area contributed by atoms with Crippen LogP contribution in [0.5, 0.6) is 11.5 Å². The maximum atomic E-state index is 12.4. The highest BCUT2D eigenvalue weighted by Crippen LogP contribution is 2.17. The van der Waals surface area contributed by atoms with Crippen molar-refractivity contribution in [2.75, 3.05) is 39.9 Å². The van der Waals surface area contributed by atoms with Crippen LogP contribution in [0.4, 0.5) is 0 Å². The zero-order valence-corrected chi connectivity index (χ0v) is 15.5. The second-order valence-electron chi connectivity index (χ2n) is 6.61. The fraction of sp³-hybridized carbons (Fsp3) is 0.381. The fourth-order valence-corrected chi connectivity index (χ4v) is 3.02. The van der Waals surface area contributed by atoms with E-state index in [2.05, 4.69) is 36.1 Å². The van der Waals surface area contributed by atoms with Crippen molar-refractivity contribution in [1.29, 1.82) is 0 Å². The number of rotatable bonds is 6. The molecule has 2 aromatic carbocycles.